The Balaban J connectivity index is 3.78. The van der Waals surface area contributed by atoms with E-state index in [1.54, 1.807) is 0 Å². The standard InChI is InChI=1S/C11H24OS/c1-10(2,3)8-12-13(7)9-11(4,5)6/h7-9H2,1-6H3. The minimum atomic E-state index is -0.136. The predicted octanol–water partition coefficient (Wildman–Crippen LogP) is 3.71. The molecule has 1 atom stereocenters. The van der Waals surface area contributed by atoms with Crippen molar-refractivity contribution in [1.29, 1.82) is 0 Å². The van der Waals surface area contributed by atoms with Crippen LogP contribution in [0.2, 0.25) is 0 Å². The molecule has 0 radical (unpaired) electrons. The SMILES string of the molecule is C=S(CC(C)(C)C)OCC(C)(C)C. The topological polar surface area (TPSA) is 9.23 Å². The van der Waals surface area contributed by atoms with Crippen molar-refractivity contribution in [3.63, 3.8) is 0 Å². The maximum Gasteiger partial charge on any atom is 0.0654 e. The van der Waals surface area contributed by atoms with Gasteiger partial charge in [-0.1, -0.05) is 52.3 Å². The molecule has 0 aliphatic heterocycles. The molecule has 0 N–H and O–H groups in total. The summed E-state index contributed by atoms with van der Waals surface area (Å²) >= 11 is 0. The molecule has 0 saturated carbocycles. The number of hydrogen-bond donors (Lipinski definition) is 0. The molecule has 0 amide bonds. The van der Waals surface area contributed by atoms with E-state index in [1.165, 1.54) is 0 Å². The molecule has 0 aromatic carbocycles. The van der Waals surface area contributed by atoms with E-state index in [2.05, 4.69) is 47.4 Å². The molecule has 0 aliphatic carbocycles. The van der Waals surface area contributed by atoms with Crippen LogP contribution in [-0.4, -0.2) is 18.2 Å². The maximum absolute atomic E-state index is 5.70. The van der Waals surface area contributed by atoms with Gasteiger partial charge in [-0.25, -0.2) is 0 Å². The van der Waals surface area contributed by atoms with Gasteiger partial charge in [-0.3, -0.25) is 0 Å². The highest BCUT2D eigenvalue weighted by atomic mass is 32.2. The molecule has 0 spiro atoms. The first kappa shape index (κ1) is 13.2. The van der Waals surface area contributed by atoms with Crippen molar-refractivity contribution < 1.29 is 4.18 Å². The van der Waals surface area contributed by atoms with Crippen molar-refractivity contribution in [2.75, 3.05) is 12.4 Å². The third kappa shape index (κ3) is 10.1. The summed E-state index contributed by atoms with van der Waals surface area (Å²) in [5, 5.41) is 0. The number of hydrogen-bond acceptors (Lipinski definition) is 1. The molecule has 0 rings (SSSR count). The molecule has 0 fully saturated rings. The quantitative estimate of drug-likeness (QED) is 0.637. The van der Waals surface area contributed by atoms with Crippen LogP contribution in [0.4, 0.5) is 0 Å². The van der Waals surface area contributed by atoms with Gasteiger partial charge in [0, 0.05) is 5.75 Å². The van der Waals surface area contributed by atoms with Crippen molar-refractivity contribution in [1.82, 2.24) is 0 Å². The van der Waals surface area contributed by atoms with Gasteiger partial charge < -0.3 is 4.18 Å². The average Bonchev–Trinajstić information content (AvgIpc) is 1.78. The Labute approximate surface area is 86.0 Å². The zero-order valence-electron chi connectivity index (χ0n) is 9.94. The van der Waals surface area contributed by atoms with Crippen molar-refractivity contribution in [3.8, 4) is 0 Å². The molecule has 1 unspecified atom stereocenters. The minimum absolute atomic E-state index is 0.136. The molecule has 0 saturated heterocycles. The van der Waals surface area contributed by atoms with Gasteiger partial charge in [-0.2, -0.15) is 0 Å². The lowest BCUT2D eigenvalue weighted by Gasteiger charge is -2.23. The van der Waals surface area contributed by atoms with Gasteiger partial charge in [-0.15, -0.1) is 0 Å². The second-order valence-corrected chi connectivity index (χ2v) is 7.37. The molecule has 0 bridgehead atoms. The van der Waals surface area contributed by atoms with E-state index in [0.29, 0.717) is 5.41 Å². The van der Waals surface area contributed by atoms with Crippen molar-refractivity contribution in [3.05, 3.63) is 0 Å². The minimum Gasteiger partial charge on any atom is -0.323 e. The molecule has 1 nitrogen and oxygen atoms in total. The van der Waals surface area contributed by atoms with Crippen LogP contribution in [0, 0.1) is 10.8 Å². The Hall–Kier alpha value is 0.180. The predicted molar refractivity (Wildman–Crippen MR) is 64.4 cm³/mol. The summed E-state index contributed by atoms with van der Waals surface area (Å²) in [6, 6.07) is 0. The molecule has 2 heteroatoms. The lowest BCUT2D eigenvalue weighted by atomic mass is 9.99. The maximum atomic E-state index is 5.70. The Morgan fingerprint density at radius 3 is 1.77 bits per heavy atom. The van der Waals surface area contributed by atoms with Crippen LogP contribution in [0.1, 0.15) is 41.5 Å². The van der Waals surface area contributed by atoms with Gasteiger partial charge in [0.2, 0.25) is 0 Å². The van der Waals surface area contributed by atoms with E-state index in [1.807, 2.05) is 0 Å². The summed E-state index contributed by atoms with van der Waals surface area (Å²) in [6.45, 7) is 14.0. The Morgan fingerprint density at radius 2 is 1.46 bits per heavy atom. The van der Waals surface area contributed by atoms with Crippen LogP contribution in [-0.2, 0) is 4.18 Å². The summed E-state index contributed by atoms with van der Waals surface area (Å²) < 4.78 is 5.70. The molecular weight excluding hydrogens is 180 g/mol. The fourth-order valence-electron chi connectivity index (χ4n) is 0.785. The first-order valence-electron chi connectivity index (χ1n) is 4.74. The lowest BCUT2D eigenvalue weighted by molar-refractivity contribution is 0.224. The molecule has 0 heterocycles. The first-order valence-corrected chi connectivity index (χ1v) is 6.23. The molecule has 0 aliphatic rings. The van der Waals surface area contributed by atoms with E-state index in [0.717, 1.165) is 12.4 Å². The van der Waals surface area contributed by atoms with E-state index >= 15 is 0 Å². The largest absolute Gasteiger partial charge is 0.323 e. The highest BCUT2D eigenvalue weighted by molar-refractivity contribution is 8.09. The van der Waals surface area contributed by atoms with E-state index in [4.69, 9.17) is 4.18 Å². The lowest BCUT2D eigenvalue weighted by Crippen LogP contribution is -2.15. The van der Waals surface area contributed by atoms with Gasteiger partial charge in [0.15, 0.2) is 0 Å². The summed E-state index contributed by atoms with van der Waals surface area (Å²) in [7, 11) is -0.136. The van der Waals surface area contributed by atoms with Gasteiger partial charge >= 0.3 is 0 Å². The van der Waals surface area contributed by atoms with E-state index in [9.17, 15) is 0 Å². The molecule has 0 aromatic heterocycles. The second-order valence-electron chi connectivity index (χ2n) is 5.97. The summed E-state index contributed by atoms with van der Waals surface area (Å²) in [5.41, 5.74) is 0.573. The Kier molecular flexibility index (Phi) is 4.67. The normalized spacial score (nSPS) is 15.8. The van der Waals surface area contributed by atoms with Gasteiger partial charge in [0.25, 0.3) is 0 Å². The fourth-order valence-corrected chi connectivity index (χ4v) is 2.35. The van der Waals surface area contributed by atoms with E-state index in [-0.39, 0.29) is 16.2 Å². The molecule has 80 valence electrons. The van der Waals surface area contributed by atoms with Gasteiger partial charge in [0.1, 0.15) is 0 Å². The third-order valence-electron chi connectivity index (χ3n) is 1.25. The molecule has 13 heavy (non-hydrogen) atoms. The first-order chi connectivity index (χ1) is 5.60. The van der Waals surface area contributed by atoms with Crippen LogP contribution < -0.4 is 0 Å². The number of rotatable bonds is 3. The molecule has 0 aromatic rings. The van der Waals surface area contributed by atoms with Crippen LogP contribution in [0.5, 0.6) is 0 Å². The van der Waals surface area contributed by atoms with Crippen LogP contribution in [0.15, 0.2) is 0 Å². The third-order valence-corrected chi connectivity index (χ3v) is 2.89. The summed E-state index contributed by atoms with van der Waals surface area (Å²) in [6.07, 6.45) is 0. The van der Waals surface area contributed by atoms with Crippen LogP contribution in [0.25, 0.3) is 0 Å². The summed E-state index contributed by atoms with van der Waals surface area (Å²) in [5.74, 6) is 5.08. The molecular formula is C11H24OS. The summed E-state index contributed by atoms with van der Waals surface area (Å²) in [4.78, 5) is 0. The highest BCUT2D eigenvalue weighted by Gasteiger charge is 2.15. The van der Waals surface area contributed by atoms with Gasteiger partial charge in [0.05, 0.1) is 6.61 Å². The van der Waals surface area contributed by atoms with Crippen molar-refractivity contribution >= 4 is 16.6 Å². The zero-order valence-corrected chi connectivity index (χ0v) is 10.8. The monoisotopic (exact) mass is 204 g/mol. The van der Waals surface area contributed by atoms with Gasteiger partial charge in [-0.05, 0) is 16.7 Å². The second kappa shape index (κ2) is 4.61. The Bertz CT molecular complexity index is 172. The van der Waals surface area contributed by atoms with Crippen molar-refractivity contribution in [2.24, 2.45) is 10.8 Å². The fraction of sp³-hybridized carbons (Fsp3) is 0.909. The average molecular weight is 204 g/mol. The highest BCUT2D eigenvalue weighted by Crippen LogP contribution is 2.27. The zero-order chi connectivity index (χ0) is 10.7. The van der Waals surface area contributed by atoms with E-state index < -0.39 is 0 Å². The smallest absolute Gasteiger partial charge is 0.0654 e. The Morgan fingerprint density at radius 1 is 1.00 bits per heavy atom. The van der Waals surface area contributed by atoms with Crippen LogP contribution in [0.3, 0.4) is 0 Å². The van der Waals surface area contributed by atoms with Crippen LogP contribution >= 0.6 is 10.8 Å². The van der Waals surface area contributed by atoms with Crippen molar-refractivity contribution in [2.45, 2.75) is 41.5 Å².